The van der Waals surface area contributed by atoms with E-state index >= 15 is 0 Å². The van der Waals surface area contributed by atoms with Crippen LogP contribution in [-0.4, -0.2) is 55.0 Å². The van der Waals surface area contributed by atoms with Gasteiger partial charge in [0.1, 0.15) is 25.5 Å². The molecule has 0 bridgehead atoms. The number of ether oxygens (including phenoxy) is 2. The predicted octanol–water partition coefficient (Wildman–Crippen LogP) is 6.59. The number of carbonyl (C=O) groups is 3. The summed E-state index contributed by atoms with van der Waals surface area (Å²) < 4.78 is 35.1. The van der Waals surface area contributed by atoms with Crippen molar-refractivity contribution >= 4 is 25.6 Å². The third kappa shape index (κ3) is 12.1. The van der Waals surface area contributed by atoms with Crippen molar-refractivity contribution in [3.05, 3.63) is 107 Å². The lowest BCUT2D eigenvalue weighted by Crippen LogP contribution is -2.50. The first-order chi connectivity index (χ1) is 21.6. The van der Waals surface area contributed by atoms with Crippen molar-refractivity contribution in [2.45, 2.75) is 53.4 Å². The average molecular weight is 639 g/mol. The van der Waals surface area contributed by atoms with Crippen LogP contribution in [0.4, 0.5) is 4.79 Å². The van der Waals surface area contributed by atoms with Gasteiger partial charge in [-0.2, -0.15) is 0 Å². The van der Waals surface area contributed by atoms with Crippen LogP contribution >= 0.6 is 7.60 Å². The number of hydrogen-bond donors (Lipinski definition) is 1. The van der Waals surface area contributed by atoms with E-state index in [0.717, 1.165) is 11.1 Å². The van der Waals surface area contributed by atoms with E-state index in [2.05, 4.69) is 5.32 Å². The SMILES string of the molecule is CCOP(=O)(CN(CC(C)C)C(=O)N[C@@H](Cc1ccc(C(=O)OCc2ccccc2)cc1)C(=O)OCc1ccccc1)OCC. The largest absolute Gasteiger partial charge is 0.459 e. The number of esters is 2. The molecule has 1 atom stereocenters. The molecule has 11 heteroatoms. The van der Waals surface area contributed by atoms with E-state index in [0.29, 0.717) is 11.1 Å². The highest BCUT2D eigenvalue weighted by atomic mass is 31.2. The zero-order valence-corrected chi connectivity index (χ0v) is 27.2. The second kappa shape index (κ2) is 18.1. The summed E-state index contributed by atoms with van der Waals surface area (Å²) in [4.78, 5) is 40.9. The van der Waals surface area contributed by atoms with Crippen LogP contribution in [0.5, 0.6) is 0 Å². The minimum Gasteiger partial charge on any atom is -0.459 e. The van der Waals surface area contributed by atoms with Crippen molar-refractivity contribution in [2.24, 2.45) is 5.92 Å². The summed E-state index contributed by atoms with van der Waals surface area (Å²) in [6.07, 6.45) is -0.187. The molecule has 0 fully saturated rings. The first-order valence-corrected chi connectivity index (χ1v) is 16.8. The van der Waals surface area contributed by atoms with Crippen molar-refractivity contribution < 1.29 is 37.5 Å². The molecule has 3 rings (SSSR count). The molecule has 45 heavy (non-hydrogen) atoms. The average Bonchev–Trinajstić information content (AvgIpc) is 3.03. The fourth-order valence-electron chi connectivity index (χ4n) is 4.45. The molecule has 3 aromatic carbocycles. The first-order valence-electron chi connectivity index (χ1n) is 15.1. The van der Waals surface area contributed by atoms with Gasteiger partial charge in [-0.1, -0.05) is 86.6 Å². The van der Waals surface area contributed by atoms with E-state index in [1.165, 1.54) is 4.90 Å². The highest BCUT2D eigenvalue weighted by Gasteiger charge is 2.32. The van der Waals surface area contributed by atoms with E-state index in [1.54, 1.807) is 38.1 Å². The zero-order valence-electron chi connectivity index (χ0n) is 26.3. The standard InChI is InChI=1S/C34H43N2O8P/c1-5-43-45(40,44-6-2)25-36(22-26(3)4)34(39)35-31(33(38)42-24-29-15-11-8-12-16-29)21-27-17-19-30(20-18-27)32(37)41-23-28-13-9-7-10-14-28/h7-20,26,31H,5-6,21-25H2,1-4H3,(H,35,39)/t31-/m0/s1. The number of amides is 2. The summed E-state index contributed by atoms with van der Waals surface area (Å²) in [5, 5.41) is 2.78. The topological polar surface area (TPSA) is 120 Å². The van der Waals surface area contributed by atoms with Crippen LogP contribution in [0.2, 0.25) is 0 Å². The molecular formula is C34H43N2O8P. The minimum atomic E-state index is -3.61. The van der Waals surface area contributed by atoms with Crippen LogP contribution in [0.1, 0.15) is 54.7 Å². The molecule has 1 N–H and O–H groups in total. The summed E-state index contributed by atoms with van der Waals surface area (Å²) in [5.41, 5.74) is 2.71. The Bertz CT molecular complexity index is 1390. The van der Waals surface area contributed by atoms with Gasteiger partial charge in [0, 0.05) is 13.0 Å². The van der Waals surface area contributed by atoms with Gasteiger partial charge in [-0.25, -0.2) is 14.4 Å². The van der Waals surface area contributed by atoms with Crippen molar-refractivity contribution in [1.29, 1.82) is 0 Å². The van der Waals surface area contributed by atoms with E-state index in [4.69, 9.17) is 18.5 Å². The van der Waals surface area contributed by atoms with E-state index in [-0.39, 0.29) is 51.6 Å². The summed E-state index contributed by atoms with van der Waals surface area (Å²) in [7, 11) is -3.61. The Morgan fingerprint density at radius 3 is 1.80 bits per heavy atom. The third-order valence-corrected chi connectivity index (χ3v) is 8.51. The van der Waals surface area contributed by atoms with Crippen molar-refractivity contribution in [3.63, 3.8) is 0 Å². The first kappa shape index (κ1) is 35.5. The molecule has 0 aliphatic carbocycles. The highest BCUT2D eigenvalue weighted by molar-refractivity contribution is 7.53. The van der Waals surface area contributed by atoms with Crippen LogP contribution < -0.4 is 5.32 Å². The van der Waals surface area contributed by atoms with E-state index in [1.807, 2.05) is 74.5 Å². The normalized spacial score (nSPS) is 11.9. The number of carbonyl (C=O) groups excluding carboxylic acids is 3. The lowest BCUT2D eigenvalue weighted by Gasteiger charge is -2.30. The smallest absolute Gasteiger partial charge is 0.349 e. The van der Waals surface area contributed by atoms with Crippen molar-refractivity contribution in [2.75, 3.05) is 26.0 Å². The Labute approximate surface area is 265 Å². The maximum absolute atomic E-state index is 13.6. The lowest BCUT2D eigenvalue weighted by molar-refractivity contribution is -0.147. The number of nitrogens with one attached hydrogen (secondary N) is 1. The molecule has 3 aromatic rings. The van der Waals surface area contributed by atoms with Crippen LogP contribution in [0.15, 0.2) is 84.9 Å². The molecule has 0 heterocycles. The van der Waals surface area contributed by atoms with Gasteiger partial charge in [0.2, 0.25) is 0 Å². The van der Waals surface area contributed by atoms with Crippen LogP contribution in [-0.2, 0) is 47.5 Å². The van der Waals surface area contributed by atoms with Gasteiger partial charge in [0.25, 0.3) is 0 Å². The van der Waals surface area contributed by atoms with Crippen molar-refractivity contribution in [3.8, 4) is 0 Å². The molecule has 0 aliphatic heterocycles. The number of nitrogens with zero attached hydrogens (tertiary/aromatic N) is 1. The molecule has 242 valence electrons. The Kier molecular flexibility index (Phi) is 14.3. The number of hydrogen-bond acceptors (Lipinski definition) is 8. The molecule has 0 aromatic heterocycles. The Morgan fingerprint density at radius 1 is 0.756 bits per heavy atom. The highest BCUT2D eigenvalue weighted by Crippen LogP contribution is 2.48. The van der Waals surface area contributed by atoms with Gasteiger partial charge in [0.15, 0.2) is 0 Å². The molecule has 10 nitrogen and oxygen atoms in total. The van der Waals surface area contributed by atoms with E-state index < -0.39 is 31.6 Å². The monoisotopic (exact) mass is 638 g/mol. The summed E-state index contributed by atoms with van der Waals surface area (Å²) >= 11 is 0. The van der Waals surface area contributed by atoms with Gasteiger partial charge < -0.3 is 28.7 Å². The second-order valence-corrected chi connectivity index (χ2v) is 12.8. The van der Waals surface area contributed by atoms with E-state index in [9.17, 15) is 18.9 Å². The molecule has 0 aliphatic rings. The predicted molar refractivity (Wildman–Crippen MR) is 172 cm³/mol. The molecular weight excluding hydrogens is 595 g/mol. The van der Waals surface area contributed by atoms with Crippen molar-refractivity contribution in [1.82, 2.24) is 10.2 Å². The van der Waals surface area contributed by atoms with Gasteiger partial charge in [-0.3, -0.25) is 4.57 Å². The maximum Gasteiger partial charge on any atom is 0.349 e. The van der Waals surface area contributed by atoms with Crippen LogP contribution in [0.25, 0.3) is 0 Å². The van der Waals surface area contributed by atoms with Crippen LogP contribution in [0, 0.1) is 5.92 Å². The molecule has 0 spiro atoms. The number of benzene rings is 3. The summed E-state index contributed by atoms with van der Waals surface area (Å²) in [6, 6.07) is 23.5. The zero-order chi connectivity index (χ0) is 32.7. The molecule has 0 unspecified atom stereocenters. The quantitative estimate of drug-likeness (QED) is 0.130. The van der Waals surface area contributed by atoms with Gasteiger partial charge in [-0.15, -0.1) is 0 Å². The Balaban J connectivity index is 1.76. The van der Waals surface area contributed by atoms with Gasteiger partial charge in [0.05, 0.1) is 18.8 Å². The number of rotatable bonds is 17. The maximum atomic E-state index is 13.6. The number of urea groups is 1. The minimum absolute atomic E-state index is 0.0256. The molecule has 2 amide bonds. The molecule has 0 saturated heterocycles. The Morgan fingerprint density at radius 2 is 1.29 bits per heavy atom. The summed E-state index contributed by atoms with van der Waals surface area (Å²) in [5.74, 6) is -1.08. The fraction of sp³-hybridized carbons (Fsp3) is 0.382. The van der Waals surface area contributed by atoms with Crippen LogP contribution in [0.3, 0.4) is 0 Å². The summed E-state index contributed by atoms with van der Waals surface area (Å²) in [6.45, 7) is 7.97. The second-order valence-electron chi connectivity index (χ2n) is 10.8. The lowest BCUT2D eigenvalue weighted by atomic mass is 10.0. The molecule has 0 radical (unpaired) electrons. The Hall–Kier alpha value is -3.98. The fourth-order valence-corrected chi connectivity index (χ4v) is 6.14. The third-order valence-electron chi connectivity index (χ3n) is 6.52. The molecule has 0 saturated carbocycles. The van der Waals surface area contributed by atoms with Gasteiger partial charge in [-0.05, 0) is 48.6 Å². The van der Waals surface area contributed by atoms with Gasteiger partial charge >= 0.3 is 25.6 Å².